The van der Waals surface area contributed by atoms with Gasteiger partial charge in [0.2, 0.25) is 0 Å². The van der Waals surface area contributed by atoms with Crippen LogP contribution in [0.1, 0.15) is 26.2 Å². The molecular weight excluding hydrogens is 292 g/mol. The first kappa shape index (κ1) is 13.6. The van der Waals surface area contributed by atoms with E-state index in [1.165, 1.54) is 24.2 Å². The van der Waals surface area contributed by atoms with Gasteiger partial charge in [0.1, 0.15) is 0 Å². The summed E-state index contributed by atoms with van der Waals surface area (Å²) in [6.45, 7) is 3.93. The van der Waals surface area contributed by atoms with E-state index in [1.807, 2.05) is 24.3 Å². The predicted molar refractivity (Wildman–Crippen MR) is 76.8 cm³/mol. The van der Waals surface area contributed by atoms with Crippen molar-refractivity contribution in [2.75, 3.05) is 18.4 Å². The van der Waals surface area contributed by atoms with Gasteiger partial charge in [0, 0.05) is 10.2 Å². The minimum absolute atomic E-state index is 0.108. The molecule has 2 atom stereocenters. The number of hydrogen-bond acceptors (Lipinski definition) is 1. The van der Waals surface area contributed by atoms with Crippen molar-refractivity contribution in [3.05, 3.63) is 28.7 Å². The SMILES string of the molecule is C[C@H]1CCCC[NH+]1CC(=O)Nc1cccc(Br)c1. The van der Waals surface area contributed by atoms with Crippen LogP contribution >= 0.6 is 15.9 Å². The van der Waals surface area contributed by atoms with Gasteiger partial charge in [-0.25, -0.2) is 0 Å². The van der Waals surface area contributed by atoms with Gasteiger partial charge in [0.15, 0.2) is 6.54 Å². The highest BCUT2D eigenvalue weighted by atomic mass is 79.9. The Kier molecular flexibility index (Phi) is 4.78. The van der Waals surface area contributed by atoms with Gasteiger partial charge in [0.05, 0.1) is 12.6 Å². The summed E-state index contributed by atoms with van der Waals surface area (Å²) >= 11 is 3.40. The topological polar surface area (TPSA) is 33.5 Å². The minimum Gasteiger partial charge on any atom is -0.325 e. The van der Waals surface area contributed by atoms with Gasteiger partial charge in [-0.05, 0) is 44.4 Å². The zero-order valence-electron chi connectivity index (χ0n) is 10.7. The number of quaternary nitrogens is 1. The van der Waals surface area contributed by atoms with E-state index < -0.39 is 0 Å². The van der Waals surface area contributed by atoms with E-state index in [1.54, 1.807) is 0 Å². The Balaban J connectivity index is 1.88. The van der Waals surface area contributed by atoms with Crippen LogP contribution in [0.2, 0.25) is 0 Å². The lowest BCUT2D eigenvalue weighted by Gasteiger charge is -2.29. The standard InChI is InChI=1S/C14H19BrN2O/c1-11-5-2-3-8-17(11)10-14(18)16-13-7-4-6-12(15)9-13/h4,6-7,9,11H,2-3,5,8,10H2,1H3,(H,16,18)/p+1/t11-/m0/s1. The number of halogens is 1. The van der Waals surface area contributed by atoms with E-state index in [2.05, 4.69) is 28.2 Å². The summed E-state index contributed by atoms with van der Waals surface area (Å²) in [4.78, 5) is 13.4. The van der Waals surface area contributed by atoms with E-state index in [4.69, 9.17) is 0 Å². The van der Waals surface area contributed by atoms with Crippen LogP contribution in [0.3, 0.4) is 0 Å². The summed E-state index contributed by atoms with van der Waals surface area (Å²) < 4.78 is 0.985. The molecule has 0 aliphatic carbocycles. The average molecular weight is 312 g/mol. The number of carbonyl (C=O) groups excluding carboxylic acids is 1. The summed E-state index contributed by atoms with van der Waals surface area (Å²) in [6.07, 6.45) is 3.78. The van der Waals surface area contributed by atoms with Crippen LogP contribution in [-0.2, 0) is 4.79 Å². The highest BCUT2D eigenvalue weighted by molar-refractivity contribution is 9.10. The highest BCUT2D eigenvalue weighted by Crippen LogP contribution is 2.15. The summed E-state index contributed by atoms with van der Waals surface area (Å²) in [5, 5.41) is 2.96. The Bertz CT molecular complexity index is 422. The minimum atomic E-state index is 0.108. The summed E-state index contributed by atoms with van der Waals surface area (Å²) in [7, 11) is 0. The first-order chi connectivity index (χ1) is 8.65. The molecule has 1 aliphatic heterocycles. The molecule has 1 unspecified atom stereocenters. The monoisotopic (exact) mass is 311 g/mol. The Morgan fingerprint density at radius 1 is 1.50 bits per heavy atom. The molecule has 98 valence electrons. The molecule has 18 heavy (non-hydrogen) atoms. The predicted octanol–water partition coefficient (Wildman–Crippen LogP) is 1.84. The molecule has 2 rings (SSSR count). The first-order valence-electron chi connectivity index (χ1n) is 6.55. The number of carbonyl (C=O) groups is 1. The van der Waals surface area contributed by atoms with Gasteiger partial charge in [-0.2, -0.15) is 0 Å². The number of amides is 1. The van der Waals surface area contributed by atoms with E-state index in [9.17, 15) is 4.79 Å². The molecule has 1 aromatic rings. The fourth-order valence-electron chi connectivity index (χ4n) is 2.49. The lowest BCUT2D eigenvalue weighted by molar-refractivity contribution is -0.920. The summed E-state index contributed by atoms with van der Waals surface area (Å²) in [5.74, 6) is 0.108. The van der Waals surface area contributed by atoms with Crippen molar-refractivity contribution in [2.45, 2.75) is 32.2 Å². The number of likely N-dealkylation sites (tertiary alicyclic amines) is 1. The third kappa shape index (κ3) is 3.82. The molecule has 0 saturated carbocycles. The first-order valence-corrected chi connectivity index (χ1v) is 7.34. The lowest BCUT2D eigenvalue weighted by atomic mass is 10.0. The molecular formula is C14H20BrN2O+. The smallest absolute Gasteiger partial charge is 0.279 e. The largest absolute Gasteiger partial charge is 0.325 e. The molecule has 0 radical (unpaired) electrons. The zero-order chi connectivity index (χ0) is 13.0. The number of nitrogens with one attached hydrogen (secondary N) is 2. The van der Waals surface area contributed by atoms with Crippen molar-refractivity contribution in [1.29, 1.82) is 0 Å². The van der Waals surface area contributed by atoms with Gasteiger partial charge in [-0.3, -0.25) is 4.79 Å². The van der Waals surface area contributed by atoms with Crippen LogP contribution in [0.25, 0.3) is 0 Å². The van der Waals surface area contributed by atoms with E-state index in [0.29, 0.717) is 12.6 Å². The van der Waals surface area contributed by atoms with Crippen molar-refractivity contribution in [3.8, 4) is 0 Å². The molecule has 1 fully saturated rings. The Labute approximate surface area is 117 Å². The molecule has 0 spiro atoms. The quantitative estimate of drug-likeness (QED) is 0.877. The molecule has 1 amide bonds. The summed E-state index contributed by atoms with van der Waals surface area (Å²) in [6, 6.07) is 8.32. The van der Waals surface area contributed by atoms with Crippen molar-refractivity contribution >= 4 is 27.5 Å². The van der Waals surface area contributed by atoms with Crippen LogP contribution in [-0.4, -0.2) is 25.0 Å². The van der Waals surface area contributed by atoms with Crippen LogP contribution in [0, 0.1) is 0 Å². The molecule has 3 nitrogen and oxygen atoms in total. The average Bonchev–Trinajstić information content (AvgIpc) is 2.32. The van der Waals surface area contributed by atoms with Gasteiger partial charge in [0.25, 0.3) is 5.91 Å². The summed E-state index contributed by atoms with van der Waals surface area (Å²) in [5.41, 5.74) is 0.860. The number of hydrogen-bond donors (Lipinski definition) is 2. The molecule has 1 aromatic carbocycles. The van der Waals surface area contributed by atoms with Crippen LogP contribution < -0.4 is 10.2 Å². The zero-order valence-corrected chi connectivity index (χ0v) is 12.3. The van der Waals surface area contributed by atoms with E-state index in [0.717, 1.165) is 16.7 Å². The second kappa shape index (κ2) is 6.34. The third-order valence-electron chi connectivity index (χ3n) is 3.58. The lowest BCUT2D eigenvalue weighted by Crippen LogP contribution is -3.17. The van der Waals surface area contributed by atoms with Crippen LogP contribution in [0.4, 0.5) is 5.69 Å². The molecule has 2 N–H and O–H groups in total. The highest BCUT2D eigenvalue weighted by Gasteiger charge is 2.24. The molecule has 1 heterocycles. The molecule has 0 aromatic heterocycles. The second-order valence-corrected chi connectivity index (χ2v) is 5.96. The fraction of sp³-hybridized carbons (Fsp3) is 0.500. The van der Waals surface area contributed by atoms with Crippen molar-refractivity contribution < 1.29 is 9.69 Å². The van der Waals surface area contributed by atoms with E-state index in [-0.39, 0.29) is 5.91 Å². The maximum absolute atomic E-state index is 12.0. The van der Waals surface area contributed by atoms with Crippen LogP contribution in [0.15, 0.2) is 28.7 Å². The number of piperidine rings is 1. The van der Waals surface area contributed by atoms with Crippen molar-refractivity contribution in [2.24, 2.45) is 0 Å². The number of benzene rings is 1. The molecule has 1 saturated heterocycles. The molecule has 0 bridgehead atoms. The molecule has 4 heteroatoms. The van der Waals surface area contributed by atoms with Crippen molar-refractivity contribution in [1.82, 2.24) is 0 Å². The van der Waals surface area contributed by atoms with E-state index >= 15 is 0 Å². The second-order valence-electron chi connectivity index (χ2n) is 5.04. The Morgan fingerprint density at radius 2 is 2.33 bits per heavy atom. The number of anilines is 1. The fourth-order valence-corrected chi connectivity index (χ4v) is 2.89. The van der Waals surface area contributed by atoms with Gasteiger partial charge < -0.3 is 10.2 Å². The molecule has 1 aliphatic rings. The maximum Gasteiger partial charge on any atom is 0.279 e. The third-order valence-corrected chi connectivity index (χ3v) is 4.07. The van der Waals surface area contributed by atoms with Gasteiger partial charge >= 0.3 is 0 Å². The van der Waals surface area contributed by atoms with Gasteiger partial charge in [-0.15, -0.1) is 0 Å². The van der Waals surface area contributed by atoms with Crippen molar-refractivity contribution in [3.63, 3.8) is 0 Å². The van der Waals surface area contributed by atoms with Crippen LogP contribution in [0.5, 0.6) is 0 Å². The Morgan fingerprint density at radius 3 is 3.06 bits per heavy atom. The Hall–Kier alpha value is -0.870. The maximum atomic E-state index is 12.0. The van der Waals surface area contributed by atoms with Gasteiger partial charge in [-0.1, -0.05) is 22.0 Å². The normalized spacial score (nSPS) is 23.7. The number of rotatable bonds is 3.